The van der Waals surface area contributed by atoms with Crippen molar-refractivity contribution in [3.63, 3.8) is 0 Å². The van der Waals surface area contributed by atoms with Crippen LogP contribution >= 0.6 is 22.7 Å². The minimum Gasteiger partial charge on any atom is -0.364 e. The van der Waals surface area contributed by atoms with Crippen LogP contribution in [0.15, 0.2) is 40.0 Å². The number of fused-ring (bicyclic) bond motifs is 1. The first kappa shape index (κ1) is 15.3. The highest BCUT2D eigenvalue weighted by Crippen LogP contribution is 2.39. The largest absolute Gasteiger partial charge is 0.364 e. The van der Waals surface area contributed by atoms with E-state index < -0.39 is 0 Å². The van der Waals surface area contributed by atoms with Crippen LogP contribution in [0.5, 0.6) is 0 Å². The van der Waals surface area contributed by atoms with Crippen LogP contribution < -0.4 is 4.90 Å². The first-order chi connectivity index (χ1) is 11.8. The Morgan fingerprint density at radius 1 is 1.25 bits per heavy atom. The molecule has 4 aromatic rings. The Kier molecular flexibility index (Phi) is 4.03. The number of anilines is 1. The van der Waals surface area contributed by atoms with Gasteiger partial charge in [0.2, 0.25) is 0 Å². The van der Waals surface area contributed by atoms with Crippen molar-refractivity contribution in [3.05, 3.63) is 46.7 Å². The number of rotatable bonds is 5. The molecule has 0 amide bonds. The van der Waals surface area contributed by atoms with Gasteiger partial charge in [0, 0.05) is 35.0 Å². The van der Waals surface area contributed by atoms with Gasteiger partial charge < -0.3 is 9.42 Å². The van der Waals surface area contributed by atoms with E-state index in [2.05, 4.69) is 49.8 Å². The third-order valence-electron chi connectivity index (χ3n) is 3.97. The summed E-state index contributed by atoms with van der Waals surface area (Å²) in [7, 11) is 2.05. The van der Waals surface area contributed by atoms with Gasteiger partial charge in [0.15, 0.2) is 0 Å². The van der Waals surface area contributed by atoms with Crippen LogP contribution in [0.25, 0.3) is 20.7 Å². The van der Waals surface area contributed by atoms with Gasteiger partial charge >= 0.3 is 0 Å². The van der Waals surface area contributed by atoms with Gasteiger partial charge in [-0.3, -0.25) is 0 Å². The fourth-order valence-electron chi connectivity index (χ4n) is 2.79. The quantitative estimate of drug-likeness (QED) is 0.523. The van der Waals surface area contributed by atoms with Gasteiger partial charge in [0.25, 0.3) is 0 Å². The number of hydrogen-bond donors (Lipinski definition) is 0. The van der Waals surface area contributed by atoms with E-state index in [-0.39, 0.29) is 0 Å². The molecule has 0 saturated carbocycles. The molecule has 0 bridgehead atoms. The third kappa shape index (κ3) is 2.59. The molecule has 4 rings (SSSR count). The van der Waals surface area contributed by atoms with Crippen molar-refractivity contribution in [1.29, 1.82) is 0 Å². The topological polar surface area (TPSA) is 55.1 Å². The molecular weight excluding hydrogens is 340 g/mol. The lowest BCUT2D eigenvalue weighted by Crippen LogP contribution is -2.18. The maximum atomic E-state index is 5.12. The van der Waals surface area contributed by atoms with Crippen molar-refractivity contribution in [1.82, 2.24) is 15.1 Å². The van der Waals surface area contributed by atoms with E-state index >= 15 is 0 Å². The van der Waals surface area contributed by atoms with Crippen LogP contribution in [0.1, 0.15) is 18.2 Å². The first-order valence-electron chi connectivity index (χ1n) is 7.67. The summed E-state index contributed by atoms with van der Waals surface area (Å²) in [6.07, 6.45) is 4.22. The fourth-order valence-corrected chi connectivity index (χ4v) is 4.52. The molecule has 0 saturated heterocycles. The Bertz CT molecular complexity index is 958. The van der Waals surface area contributed by atoms with Crippen molar-refractivity contribution in [2.24, 2.45) is 0 Å². The van der Waals surface area contributed by atoms with Gasteiger partial charge in [-0.15, -0.1) is 22.7 Å². The molecule has 4 aromatic heterocycles. The second-order valence-electron chi connectivity index (χ2n) is 5.50. The Hall–Kier alpha value is -2.25. The fraction of sp³-hybridized carbons (Fsp3) is 0.235. The highest BCUT2D eigenvalue weighted by Gasteiger charge is 2.18. The van der Waals surface area contributed by atoms with Gasteiger partial charge in [-0.2, -0.15) is 0 Å². The zero-order valence-electron chi connectivity index (χ0n) is 13.4. The van der Waals surface area contributed by atoms with E-state index in [0.29, 0.717) is 6.54 Å². The highest BCUT2D eigenvalue weighted by molar-refractivity contribution is 7.18. The smallest absolute Gasteiger partial charge is 0.141 e. The number of aryl methyl sites for hydroxylation is 1. The summed E-state index contributed by atoms with van der Waals surface area (Å²) in [6, 6.07) is 4.21. The van der Waals surface area contributed by atoms with E-state index in [1.54, 1.807) is 35.3 Å². The minimum atomic E-state index is 0.707. The normalized spacial score (nSPS) is 11.2. The van der Waals surface area contributed by atoms with Crippen LogP contribution in [-0.4, -0.2) is 22.2 Å². The molecule has 0 aromatic carbocycles. The SMILES string of the molecule is CCc1nocc1CN(C)c1ncnc2scc(-c3cccs3)c12. The molecule has 7 heteroatoms. The predicted molar refractivity (Wildman–Crippen MR) is 98.7 cm³/mol. The number of aromatic nitrogens is 3. The Morgan fingerprint density at radius 2 is 2.17 bits per heavy atom. The van der Waals surface area contributed by atoms with Gasteiger partial charge in [-0.05, 0) is 17.9 Å². The molecule has 0 radical (unpaired) electrons. The molecule has 0 aliphatic carbocycles. The monoisotopic (exact) mass is 356 g/mol. The molecule has 0 aliphatic heterocycles. The molecular formula is C17H16N4OS2. The third-order valence-corrected chi connectivity index (χ3v) is 5.76. The maximum Gasteiger partial charge on any atom is 0.141 e. The lowest BCUT2D eigenvalue weighted by molar-refractivity contribution is 0.412. The predicted octanol–water partition coefficient (Wildman–Crippen LogP) is 4.61. The lowest BCUT2D eigenvalue weighted by atomic mass is 10.1. The molecule has 0 unspecified atom stereocenters. The second kappa shape index (κ2) is 6.33. The lowest BCUT2D eigenvalue weighted by Gasteiger charge is -2.19. The number of thiophene rings is 2. The van der Waals surface area contributed by atoms with E-state index in [9.17, 15) is 0 Å². The van der Waals surface area contributed by atoms with Gasteiger partial charge in [-0.1, -0.05) is 18.1 Å². The summed E-state index contributed by atoms with van der Waals surface area (Å²) in [4.78, 5) is 13.4. The molecule has 24 heavy (non-hydrogen) atoms. The summed E-state index contributed by atoms with van der Waals surface area (Å²) in [5, 5.41) is 9.43. The zero-order valence-corrected chi connectivity index (χ0v) is 15.0. The highest BCUT2D eigenvalue weighted by atomic mass is 32.1. The molecule has 4 heterocycles. The second-order valence-corrected chi connectivity index (χ2v) is 7.31. The summed E-state index contributed by atoms with van der Waals surface area (Å²) >= 11 is 3.39. The number of nitrogens with zero attached hydrogens (tertiary/aromatic N) is 4. The standard InChI is InChI=1S/C17H16N4OS2/c1-3-13-11(8-22-20-13)7-21(2)16-15-12(14-5-4-6-23-14)9-24-17(15)19-10-18-16/h4-6,8-10H,3,7H2,1-2H3. The summed E-state index contributed by atoms with van der Waals surface area (Å²) < 4.78 is 5.12. The van der Waals surface area contributed by atoms with Gasteiger partial charge in [0.05, 0.1) is 11.1 Å². The minimum absolute atomic E-state index is 0.707. The van der Waals surface area contributed by atoms with Crippen LogP contribution in [0.4, 0.5) is 5.82 Å². The van der Waals surface area contributed by atoms with Crippen molar-refractivity contribution >= 4 is 38.7 Å². The summed E-state index contributed by atoms with van der Waals surface area (Å²) in [5.41, 5.74) is 3.30. The van der Waals surface area contributed by atoms with Crippen molar-refractivity contribution < 1.29 is 4.52 Å². The molecule has 0 spiro atoms. The molecule has 0 fully saturated rings. The van der Waals surface area contributed by atoms with Crippen LogP contribution in [0, 0.1) is 0 Å². The average molecular weight is 356 g/mol. The van der Waals surface area contributed by atoms with Crippen LogP contribution in [-0.2, 0) is 13.0 Å². The Labute approximate surface area is 147 Å². The Morgan fingerprint density at radius 3 is 2.96 bits per heavy atom. The van der Waals surface area contributed by atoms with E-state index in [0.717, 1.165) is 33.7 Å². The van der Waals surface area contributed by atoms with E-state index in [4.69, 9.17) is 4.52 Å². The molecule has 122 valence electrons. The average Bonchev–Trinajstić information content (AvgIpc) is 3.33. The maximum absolute atomic E-state index is 5.12. The van der Waals surface area contributed by atoms with Crippen LogP contribution in [0.3, 0.4) is 0 Å². The van der Waals surface area contributed by atoms with Crippen molar-refractivity contribution in [3.8, 4) is 10.4 Å². The molecule has 0 aliphatic rings. The van der Waals surface area contributed by atoms with Gasteiger partial charge in [0.1, 0.15) is 23.2 Å². The Balaban J connectivity index is 1.77. The van der Waals surface area contributed by atoms with Crippen molar-refractivity contribution in [2.75, 3.05) is 11.9 Å². The van der Waals surface area contributed by atoms with E-state index in [1.165, 1.54) is 10.4 Å². The first-order valence-corrected chi connectivity index (χ1v) is 9.43. The molecule has 0 atom stereocenters. The van der Waals surface area contributed by atoms with Crippen LogP contribution in [0.2, 0.25) is 0 Å². The number of hydrogen-bond acceptors (Lipinski definition) is 7. The summed E-state index contributed by atoms with van der Waals surface area (Å²) in [5.74, 6) is 0.938. The zero-order chi connectivity index (χ0) is 16.5. The van der Waals surface area contributed by atoms with E-state index in [1.807, 2.05) is 7.05 Å². The molecule has 5 nitrogen and oxygen atoms in total. The molecule has 0 N–H and O–H groups in total. The summed E-state index contributed by atoms with van der Waals surface area (Å²) in [6.45, 7) is 2.79. The van der Waals surface area contributed by atoms with Crippen molar-refractivity contribution in [2.45, 2.75) is 19.9 Å². The van der Waals surface area contributed by atoms with Gasteiger partial charge in [-0.25, -0.2) is 9.97 Å².